The van der Waals surface area contributed by atoms with E-state index in [9.17, 15) is 8.78 Å². The number of halogens is 2. The Morgan fingerprint density at radius 3 is 2.44 bits per heavy atom. The minimum Gasteiger partial charge on any atom is -0.424 e. The molecule has 0 spiro atoms. The molecule has 1 aromatic heterocycles. The fourth-order valence-corrected chi connectivity index (χ4v) is 1.34. The number of benzene rings is 1. The Morgan fingerprint density at radius 2 is 1.83 bits per heavy atom. The smallest absolute Gasteiger partial charge is 0.321 e. The summed E-state index contributed by atoms with van der Waals surface area (Å²) in [7, 11) is 0. The highest BCUT2D eigenvalue weighted by molar-refractivity contribution is 5.26. The Morgan fingerprint density at radius 1 is 1.11 bits per heavy atom. The third kappa shape index (κ3) is 2.98. The molecule has 0 aliphatic heterocycles. The molecule has 0 bridgehead atoms. The van der Waals surface area contributed by atoms with Crippen LogP contribution in [0.15, 0.2) is 30.6 Å². The Balaban J connectivity index is 2.10. The van der Waals surface area contributed by atoms with Gasteiger partial charge in [0.2, 0.25) is 0 Å². The molecule has 0 amide bonds. The first kappa shape index (κ1) is 12.4. The molecular formula is C12H11F2N3O. The van der Waals surface area contributed by atoms with E-state index >= 15 is 0 Å². The van der Waals surface area contributed by atoms with E-state index in [1.807, 2.05) is 0 Å². The van der Waals surface area contributed by atoms with Crippen LogP contribution in [0, 0.1) is 11.6 Å². The van der Waals surface area contributed by atoms with E-state index in [1.165, 1.54) is 6.07 Å². The third-order valence-corrected chi connectivity index (χ3v) is 2.21. The van der Waals surface area contributed by atoms with Crippen molar-refractivity contribution in [2.75, 3.05) is 6.54 Å². The van der Waals surface area contributed by atoms with Crippen LogP contribution in [0.5, 0.6) is 11.8 Å². The lowest BCUT2D eigenvalue weighted by molar-refractivity contribution is 0.430. The van der Waals surface area contributed by atoms with E-state index in [1.54, 1.807) is 12.4 Å². The zero-order valence-corrected chi connectivity index (χ0v) is 9.44. The first-order chi connectivity index (χ1) is 8.69. The monoisotopic (exact) mass is 251 g/mol. The van der Waals surface area contributed by atoms with Crippen molar-refractivity contribution in [3.05, 3.63) is 47.8 Å². The first-order valence-corrected chi connectivity index (χ1v) is 5.33. The summed E-state index contributed by atoms with van der Waals surface area (Å²) in [6.07, 6.45) is 3.83. The second-order valence-corrected chi connectivity index (χ2v) is 3.59. The Kier molecular flexibility index (Phi) is 3.78. The lowest BCUT2D eigenvalue weighted by Gasteiger charge is -2.04. The maximum absolute atomic E-state index is 12.9. The molecule has 2 N–H and O–H groups in total. The summed E-state index contributed by atoms with van der Waals surface area (Å²) in [6.45, 7) is 0.507. The molecule has 94 valence electrons. The van der Waals surface area contributed by atoms with E-state index in [0.29, 0.717) is 13.0 Å². The highest BCUT2D eigenvalue weighted by Crippen LogP contribution is 2.19. The van der Waals surface area contributed by atoms with Crippen LogP contribution in [0.2, 0.25) is 0 Å². The molecule has 18 heavy (non-hydrogen) atoms. The molecule has 6 heteroatoms. The summed E-state index contributed by atoms with van der Waals surface area (Å²) in [6, 6.07) is 3.29. The van der Waals surface area contributed by atoms with Crippen molar-refractivity contribution >= 4 is 0 Å². The predicted molar refractivity (Wildman–Crippen MR) is 61.2 cm³/mol. The van der Waals surface area contributed by atoms with Crippen LogP contribution in [0.1, 0.15) is 5.56 Å². The van der Waals surface area contributed by atoms with E-state index in [-0.39, 0.29) is 11.8 Å². The zero-order valence-electron chi connectivity index (χ0n) is 9.44. The standard InChI is InChI=1S/C12H11F2N3O/c13-10-2-1-9(5-11(10)14)18-12-16-6-8(3-4-15)7-17-12/h1-2,5-7H,3-4,15H2. The van der Waals surface area contributed by atoms with Crippen LogP contribution in [0.25, 0.3) is 0 Å². The van der Waals surface area contributed by atoms with Crippen molar-refractivity contribution in [3.63, 3.8) is 0 Å². The minimum atomic E-state index is -0.979. The highest BCUT2D eigenvalue weighted by atomic mass is 19.2. The zero-order chi connectivity index (χ0) is 13.0. The van der Waals surface area contributed by atoms with Gasteiger partial charge >= 0.3 is 6.01 Å². The molecule has 4 nitrogen and oxygen atoms in total. The predicted octanol–water partition coefficient (Wildman–Crippen LogP) is 2.05. The van der Waals surface area contributed by atoms with Gasteiger partial charge in [-0.25, -0.2) is 18.7 Å². The Hall–Kier alpha value is -2.08. The summed E-state index contributed by atoms with van der Waals surface area (Å²) >= 11 is 0. The van der Waals surface area contributed by atoms with E-state index in [4.69, 9.17) is 10.5 Å². The number of nitrogens with zero attached hydrogens (tertiary/aromatic N) is 2. The average Bonchev–Trinajstić information content (AvgIpc) is 2.37. The largest absolute Gasteiger partial charge is 0.424 e. The van der Waals surface area contributed by atoms with Crippen molar-refractivity contribution in [1.82, 2.24) is 9.97 Å². The van der Waals surface area contributed by atoms with Gasteiger partial charge in [0.05, 0.1) is 0 Å². The van der Waals surface area contributed by atoms with Gasteiger partial charge in [0.1, 0.15) is 5.75 Å². The molecule has 1 aromatic carbocycles. The number of hydrogen-bond acceptors (Lipinski definition) is 4. The molecule has 0 fully saturated rings. The fourth-order valence-electron chi connectivity index (χ4n) is 1.34. The third-order valence-electron chi connectivity index (χ3n) is 2.21. The number of rotatable bonds is 4. The highest BCUT2D eigenvalue weighted by Gasteiger charge is 2.05. The van der Waals surface area contributed by atoms with Crippen molar-refractivity contribution in [3.8, 4) is 11.8 Å². The molecule has 0 unspecified atom stereocenters. The van der Waals surface area contributed by atoms with Crippen LogP contribution in [-0.4, -0.2) is 16.5 Å². The Bertz CT molecular complexity index is 531. The summed E-state index contributed by atoms with van der Waals surface area (Å²) in [5.41, 5.74) is 6.27. The Labute approximate surface area is 102 Å². The normalized spacial score (nSPS) is 10.4. The molecule has 0 aliphatic rings. The second-order valence-electron chi connectivity index (χ2n) is 3.59. The molecule has 1 heterocycles. The van der Waals surface area contributed by atoms with Crippen molar-refractivity contribution < 1.29 is 13.5 Å². The molecule has 2 aromatic rings. The summed E-state index contributed by atoms with van der Waals surface area (Å²) in [5.74, 6) is -1.77. The van der Waals surface area contributed by atoms with Crippen molar-refractivity contribution in [2.24, 2.45) is 5.73 Å². The lowest BCUT2D eigenvalue weighted by atomic mass is 10.2. The molecule has 0 radical (unpaired) electrons. The molecular weight excluding hydrogens is 240 g/mol. The first-order valence-electron chi connectivity index (χ1n) is 5.33. The minimum absolute atomic E-state index is 0.0711. The molecule has 0 aliphatic carbocycles. The van der Waals surface area contributed by atoms with E-state index in [2.05, 4.69) is 9.97 Å². The van der Waals surface area contributed by atoms with Crippen LogP contribution >= 0.6 is 0 Å². The fraction of sp³-hybridized carbons (Fsp3) is 0.167. The summed E-state index contributed by atoms with van der Waals surface area (Å²) < 4.78 is 30.8. The van der Waals surface area contributed by atoms with Gasteiger partial charge in [0.15, 0.2) is 11.6 Å². The van der Waals surface area contributed by atoms with Gasteiger partial charge in [0, 0.05) is 18.5 Å². The van der Waals surface area contributed by atoms with Gasteiger partial charge in [-0.3, -0.25) is 0 Å². The van der Waals surface area contributed by atoms with E-state index < -0.39 is 11.6 Å². The van der Waals surface area contributed by atoms with Crippen molar-refractivity contribution in [1.29, 1.82) is 0 Å². The van der Waals surface area contributed by atoms with Gasteiger partial charge in [-0.2, -0.15) is 0 Å². The van der Waals surface area contributed by atoms with Gasteiger partial charge in [0.25, 0.3) is 0 Å². The number of hydrogen-bond donors (Lipinski definition) is 1. The van der Waals surface area contributed by atoms with Gasteiger partial charge < -0.3 is 10.5 Å². The summed E-state index contributed by atoms with van der Waals surface area (Å²) in [4.78, 5) is 7.88. The SMILES string of the molecule is NCCc1cnc(Oc2ccc(F)c(F)c2)nc1. The van der Waals surface area contributed by atoms with Gasteiger partial charge in [-0.05, 0) is 30.7 Å². The van der Waals surface area contributed by atoms with Crippen molar-refractivity contribution in [2.45, 2.75) is 6.42 Å². The maximum Gasteiger partial charge on any atom is 0.321 e. The van der Waals surface area contributed by atoms with Gasteiger partial charge in [-0.15, -0.1) is 0 Å². The van der Waals surface area contributed by atoms with Crippen LogP contribution < -0.4 is 10.5 Å². The quantitative estimate of drug-likeness (QED) is 0.903. The van der Waals surface area contributed by atoms with Crippen LogP contribution in [0.3, 0.4) is 0 Å². The average molecular weight is 251 g/mol. The van der Waals surface area contributed by atoms with Gasteiger partial charge in [-0.1, -0.05) is 0 Å². The maximum atomic E-state index is 12.9. The summed E-state index contributed by atoms with van der Waals surface area (Å²) in [5, 5.41) is 0. The number of aromatic nitrogens is 2. The molecule has 0 atom stereocenters. The molecule has 0 saturated carbocycles. The molecule has 2 rings (SSSR count). The van der Waals surface area contributed by atoms with E-state index in [0.717, 1.165) is 17.7 Å². The second kappa shape index (κ2) is 5.50. The topological polar surface area (TPSA) is 61.0 Å². The number of nitrogens with two attached hydrogens (primary N) is 1. The van der Waals surface area contributed by atoms with Crippen LogP contribution in [0.4, 0.5) is 8.78 Å². The lowest BCUT2D eigenvalue weighted by Crippen LogP contribution is -2.03. The number of ether oxygens (including phenoxy) is 1. The molecule has 0 saturated heterocycles. The van der Waals surface area contributed by atoms with Crippen LogP contribution in [-0.2, 0) is 6.42 Å².